The van der Waals surface area contributed by atoms with E-state index in [9.17, 15) is 18.8 Å². The fraction of sp³-hybridized carbons (Fsp3) is 0.273. The number of benzene rings is 2. The van der Waals surface area contributed by atoms with E-state index in [0.29, 0.717) is 38.3 Å². The maximum Gasteiger partial charge on any atom is 0.256 e. The van der Waals surface area contributed by atoms with Gasteiger partial charge in [-0.25, -0.2) is 23.4 Å². The van der Waals surface area contributed by atoms with Crippen LogP contribution in [0.5, 0.6) is 0 Å². The van der Waals surface area contributed by atoms with Crippen molar-refractivity contribution in [3.05, 3.63) is 102 Å². The van der Waals surface area contributed by atoms with E-state index in [4.69, 9.17) is 4.98 Å². The van der Waals surface area contributed by atoms with E-state index < -0.39 is 17.5 Å². The molecule has 1 saturated heterocycles. The SMILES string of the molecule is Cc1cnc(Nc2ccc(-n3cccn3)cc2)nc1-c1cnn(C(CC#N)CC2CCN(C(=O)c3ccc(F)cc3F)CC2)c1. The van der Waals surface area contributed by atoms with Crippen molar-refractivity contribution in [1.82, 2.24) is 34.4 Å². The van der Waals surface area contributed by atoms with Crippen LogP contribution in [0.25, 0.3) is 16.9 Å². The molecule has 12 heteroatoms. The van der Waals surface area contributed by atoms with Crippen molar-refractivity contribution < 1.29 is 13.6 Å². The molecule has 0 saturated carbocycles. The number of hydrogen-bond acceptors (Lipinski definition) is 7. The van der Waals surface area contributed by atoms with Gasteiger partial charge in [0.25, 0.3) is 5.91 Å². The van der Waals surface area contributed by atoms with Crippen LogP contribution < -0.4 is 5.32 Å². The van der Waals surface area contributed by atoms with Gasteiger partial charge in [-0.1, -0.05) is 0 Å². The Morgan fingerprint density at radius 2 is 1.91 bits per heavy atom. The average molecular weight is 608 g/mol. The number of nitrogens with one attached hydrogen (secondary N) is 1. The maximum absolute atomic E-state index is 14.2. The van der Waals surface area contributed by atoms with Crippen molar-refractivity contribution in [2.45, 2.75) is 38.6 Å². The van der Waals surface area contributed by atoms with Gasteiger partial charge in [-0.2, -0.15) is 15.5 Å². The molecule has 10 nitrogen and oxygen atoms in total. The van der Waals surface area contributed by atoms with Gasteiger partial charge < -0.3 is 10.2 Å². The molecule has 5 aromatic rings. The lowest BCUT2D eigenvalue weighted by Gasteiger charge is -2.33. The third-order valence-electron chi connectivity index (χ3n) is 8.11. The number of halogens is 2. The topological polar surface area (TPSA) is 118 Å². The molecule has 1 fully saturated rings. The van der Waals surface area contributed by atoms with Crippen LogP contribution in [-0.4, -0.2) is 53.4 Å². The second kappa shape index (κ2) is 13.1. The monoisotopic (exact) mass is 607 g/mol. The first-order valence-corrected chi connectivity index (χ1v) is 14.7. The molecule has 45 heavy (non-hydrogen) atoms. The molecule has 0 radical (unpaired) electrons. The first-order valence-electron chi connectivity index (χ1n) is 14.7. The Labute approximate surface area is 259 Å². The Balaban J connectivity index is 1.10. The van der Waals surface area contributed by atoms with Crippen molar-refractivity contribution in [3.8, 4) is 23.0 Å². The number of rotatable bonds is 9. The van der Waals surface area contributed by atoms with E-state index in [1.807, 2.05) is 54.3 Å². The van der Waals surface area contributed by atoms with Crippen LogP contribution in [0.15, 0.2) is 79.5 Å². The molecule has 2 aromatic carbocycles. The number of amides is 1. The van der Waals surface area contributed by atoms with E-state index >= 15 is 0 Å². The number of nitrogens with zero attached hydrogens (tertiary/aromatic N) is 8. The molecule has 1 unspecified atom stereocenters. The molecule has 3 aromatic heterocycles. The van der Waals surface area contributed by atoms with Gasteiger partial charge in [0.15, 0.2) is 0 Å². The van der Waals surface area contributed by atoms with Gasteiger partial charge in [-0.15, -0.1) is 0 Å². The highest BCUT2D eigenvalue weighted by Gasteiger charge is 2.28. The number of likely N-dealkylation sites (tertiary alicyclic amines) is 1. The molecule has 6 rings (SSSR count). The summed E-state index contributed by atoms with van der Waals surface area (Å²) in [5.41, 5.74) is 4.10. The number of piperidine rings is 1. The Morgan fingerprint density at radius 3 is 2.62 bits per heavy atom. The summed E-state index contributed by atoms with van der Waals surface area (Å²) in [4.78, 5) is 23.6. The molecule has 4 heterocycles. The van der Waals surface area contributed by atoms with Crippen LogP contribution in [0.2, 0.25) is 0 Å². The minimum atomic E-state index is -0.854. The second-order valence-corrected chi connectivity index (χ2v) is 11.2. The minimum Gasteiger partial charge on any atom is -0.339 e. The molecule has 1 amide bonds. The molecular weight excluding hydrogens is 576 g/mol. The maximum atomic E-state index is 14.2. The van der Waals surface area contributed by atoms with Crippen LogP contribution in [0.4, 0.5) is 20.4 Å². The fourth-order valence-corrected chi connectivity index (χ4v) is 5.68. The highest BCUT2D eigenvalue weighted by molar-refractivity contribution is 5.94. The number of aromatic nitrogens is 6. The Morgan fingerprint density at radius 1 is 1.11 bits per heavy atom. The zero-order chi connectivity index (χ0) is 31.3. The van der Waals surface area contributed by atoms with E-state index in [1.54, 1.807) is 28.2 Å². The zero-order valence-corrected chi connectivity index (χ0v) is 24.6. The van der Waals surface area contributed by atoms with E-state index in [0.717, 1.165) is 40.3 Å². The van der Waals surface area contributed by atoms with Crippen molar-refractivity contribution >= 4 is 17.5 Å². The number of hydrogen-bond donors (Lipinski definition) is 1. The van der Waals surface area contributed by atoms with Crippen molar-refractivity contribution in [3.63, 3.8) is 0 Å². The zero-order valence-electron chi connectivity index (χ0n) is 24.6. The van der Waals surface area contributed by atoms with E-state index in [2.05, 4.69) is 26.6 Å². The van der Waals surface area contributed by atoms with Gasteiger partial charge in [-0.3, -0.25) is 9.48 Å². The first kappa shape index (κ1) is 29.6. The summed E-state index contributed by atoms with van der Waals surface area (Å²) in [6, 6.07) is 14.8. The number of carbonyl (C=O) groups excluding carboxylic acids is 1. The van der Waals surface area contributed by atoms with E-state index in [-0.39, 0.29) is 23.9 Å². The van der Waals surface area contributed by atoms with Crippen LogP contribution in [0.1, 0.15) is 47.6 Å². The van der Waals surface area contributed by atoms with Crippen LogP contribution in [-0.2, 0) is 0 Å². The Kier molecular flexibility index (Phi) is 8.59. The third kappa shape index (κ3) is 6.72. The molecule has 228 valence electrons. The van der Waals surface area contributed by atoms with Gasteiger partial charge in [-0.05, 0) is 80.1 Å². The Bertz CT molecular complexity index is 1820. The average Bonchev–Trinajstić information content (AvgIpc) is 3.76. The van der Waals surface area contributed by atoms with Crippen LogP contribution in [0.3, 0.4) is 0 Å². The van der Waals surface area contributed by atoms with Crippen molar-refractivity contribution in [2.24, 2.45) is 5.92 Å². The number of nitriles is 1. The molecular formula is C33H31F2N9O. The molecule has 1 aliphatic heterocycles. The van der Waals surface area contributed by atoms with Crippen LogP contribution in [0, 0.1) is 35.8 Å². The Hall–Kier alpha value is -5.44. The second-order valence-electron chi connectivity index (χ2n) is 11.2. The molecule has 0 spiro atoms. The summed E-state index contributed by atoms with van der Waals surface area (Å²) >= 11 is 0. The largest absolute Gasteiger partial charge is 0.339 e. The fourth-order valence-electron chi connectivity index (χ4n) is 5.68. The van der Waals surface area contributed by atoms with Gasteiger partial charge in [0.1, 0.15) is 11.6 Å². The predicted octanol–water partition coefficient (Wildman–Crippen LogP) is 6.25. The minimum absolute atomic E-state index is 0.122. The smallest absolute Gasteiger partial charge is 0.256 e. The summed E-state index contributed by atoms with van der Waals surface area (Å²) in [6.07, 6.45) is 11.5. The lowest BCUT2D eigenvalue weighted by atomic mass is 9.89. The highest BCUT2D eigenvalue weighted by Crippen LogP contribution is 2.31. The standard InChI is InChI=1S/C33H31F2N9O/c1-22-19-37-33(40-26-4-6-27(7-5-26)43-14-2-13-38-43)41-31(22)24-20-39-44(21-24)28(9-12-36)17-23-10-15-42(16-11-23)32(45)29-8-3-25(34)18-30(29)35/h2-8,13-14,18-21,23,28H,9-11,15-17H2,1H3,(H,37,40,41). The lowest BCUT2D eigenvalue weighted by molar-refractivity contribution is 0.0674. The number of aryl methyl sites for hydroxylation is 1. The number of anilines is 2. The van der Waals surface area contributed by atoms with Gasteiger partial charge in [0.2, 0.25) is 5.95 Å². The first-order chi connectivity index (χ1) is 21.9. The van der Waals surface area contributed by atoms with Gasteiger partial charge in [0.05, 0.1) is 41.7 Å². The summed E-state index contributed by atoms with van der Waals surface area (Å²) in [7, 11) is 0. The lowest BCUT2D eigenvalue weighted by Crippen LogP contribution is -2.39. The summed E-state index contributed by atoms with van der Waals surface area (Å²) in [5.74, 6) is -1.29. The van der Waals surface area contributed by atoms with Crippen molar-refractivity contribution in [2.75, 3.05) is 18.4 Å². The van der Waals surface area contributed by atoms with Gasteiger partial charge >= 0.3 is 0 Å². The quantitative estimate of drug-likeness (QED) is 0.210. The molecule has 0 aliphatic carbocycles. The molecule has 1 atom stereocenters. The van der Waals surface area contributed by atoms with Crippen LogP contribution >= 0.6 is 0 Å². The molecule has 1 N–H and O–H groups in total. The summed E-state index contributed by atoms with van der Waals surface area (Å²) in [5, 5.41) is 21.7. The van der Waals surface area contributed by atoms with E-state index in [1.165, 1.54) is 6.07 Å². The summed E-state index contributed by atoms with van der Waals surface area (Å²) in [6.45, 7) is 2.87. The molecule has 0 bridgehead atoms. The summed E-state index contributed by atoms with van der Waals surface area (Å²) < 4.78 is 31.1. The van der Waals surface area contributed by atoms with Gasteiger partial charge in [0, 0.05) is 55.2 Å². The third-order valence-corrected chi connectivity index (χ3v) is 8.11. The molecule has 1 aliphatic rings. The predicted molar refractivity (Wildman–Crippen MR) is 164 cm³/mol. The van der Waals surface area contributed by atoms with Crippen molar-refractivity contribution in [1.29, 1.82) is 5.26 Å². The highest BCUT2D eigenvalue weighted by atomic mass is 19.1. The number of carbonyl (C=O) groups is 1. The normalized spacial score (nSPS) is 14.2.